The summed E-state index contributed by atoms with van der Waals surface area (Å²) in [6.45, 7) is 1.47. The van der Waals surface area contributed by atoms with E-state index in [0.717, 1.165) is 37.5 Å². The highest BCUT2D eigenvalue weighted by molar-refractivity contribution is 7.88. The maximum atomic E-state index is 12.3. The van der Waals surface area contributed by atoms with Gasteiger partial charge in [-0.15, -0.1) is 0 Å². The summed E-state index contributed by atoms with van der Waals surface area (Å²) in [5.41, 5.74) is 1.07. The van der Waals surface area contributed by atoms with Gasteiger partial charge in [0.25, 0.3) is 0 Å². The number of urea groups is 1. The van der Waals surface area contributed by atoms with Crippen molar-refractivity contribution < 1.29 is 13.2 Å². The molecule has 128 valence electrons. The zero-order chi connectivity index (χ0) is 16.7. The molecule has 2 heterocycles. The van der Waals surface area contributed by atoms with Crippen LogP contribution >= 0.6 is 0 Å². The highest BCUT2D eigenvalue weighted by atomic mass is 32.2. The van der Waals surface area contributed by atoms with Crippen molar-refractivity contribution >= 4 is 16.1 Å². The Morgan fingerprint density at radius 2 is 2.26 bits per heavy atom. The summed E-state index contributed by atoms with van der Waals surface area (Å²) in [6.07, 6.45) is 8.13. The third-order valence-corrected chi connectivity index (χ3v) is 4.57. The van der Waals surface area contributed by atoms with Crippen LogP contribution in [0.4, 0.5) is 4.79 Å². The van der Waals surface area contributed by atoms with Crippen LogP contribution in [0, 0.1) is 0 Å². The second-order valence-electron chi connectivity index (χ2n) is 5.81. The SMILES string of the molecule is CS(=O)(=O)NCC1CCCCN1C(=O)NCCc1cccnc1. The van der Waals surface area contributed by atoms with Gasteiger partial charge in [-0.25, -0.2) is 17.9 Å². The fourth-order valence-corrected chi connectivity index (χ4v) is 3.18. The van der Waals surface area contributed by atoms with Crippen molar-refractivity contribution in [3.05, 3.63) is 30.1 Å². The predicted molar refractivity (Wildman–Crippen MR) is 88.5 cm³/mol. The minimum absolute atomic E-state index is 0.0862. The quantitative estimate of drug-likeness (QED) is 0.799. The summed E-state index contributed by atoms with van der Waals surface area (Å²) >= 11 is 0. The molecule has 0 aliphatic carbocycles. The van der Waals surface area contributed by atoms with E-state index in [2.05, 4.69) is 15.0 Å². The van der Waals surface area contributed by atoms with Gasteiger partial charge in [-0.1, -0.05) is 6.07 Å². The summed E-state index contributed by atoms with van der Waals surface area (Å²) in [6, 6.07) is 3.62. The smallest absolute Gasteiger partial charge is 0.317 e. The normalized spacial score (nSPS) is 18.7. The van der Waals surface area contributed by atoms with E-state index in [1.165, 1.54) is 0 Å². The molecule has 1 atom stereocenters. The van der Waals surface area contributed by atoms with Gasteiger partial charge in [0.2, 0.25) is 10.0 Å². The van der Waals surface area contributed by atoms with Gasteiger partial charge in [0.05, 0.1) is 6.26 Å². The van der Waals surface area contributed by atoms with Crippen LogP contribution in [-0.2, 0) is 16.4 Å². The topological polar surface area (TPSA) is 91.4 Å². The molecular weight excluding hydrogens is 316 g/mol. The fourth-order valence-electron chi connectivity index (χ4n) is 2.69. The van der Waals surface area contributed by atoms with Gasteiger partial charge in [0.1, 0.15) is 0 Å². The van der Waals surface area contributed by atoms with E-state index in [0.29, 0.717) is 13.1 Å². The molecule has 23 heavy (non-hydrogen) atoms. The van der Waals surface area contributed by atoms with Crippen molar-refractivity contribution in [3.8, 4) is 0 Å². The van der Waals surface area contributed by atoms with Gasteiger partial charge >= 0.3 is 6.03 Å². The van der Waals surface area contributed by atoms with E-state index in [-0.39, 0.29) is 18.6 Å². The van der Waals surface area contributed by atoms with Crippen molar-refractivity contribution in [2.75, 3.05) is 25.9 Å². The van der Waals surface area contributed by atoms with E-state index in [4.69, 9.17) is 0 Å². The van der Waals surface area contributed by atoms with Crippen molar-refractivity contribution in [2.45, 2.75) is 31.7 Å². The number of pyridine rings is 1. The van der Waals surface area contributed by atoms with Gasteiger partial charge in [-0.3, -0.25) is 4.98 Å². The lowest BCUT2D eigenvalue weighted by Crippen LogP contribution is -2.52. The third-order valence-electron chi connectivity index (χ3n) is 3.88. The molecule has 1 unspecified atom stereocenters. The van der Waals surface area contributed by atoms with Crippen LogP contribution in [0.3, 0.4) is 0 Å². The highest BCUT2D eigenvalue weighted by Gasteiger charge is 2.26. The number of carbonyl (C=O) groups excluding carboxylic acids is 1. The minimum atomic E-state index is -3.24. The highest BCUT2D eigenvalue weighted by Crippen LogP contribution is 2.16. The van der Waals surface area contributed by atoms with Crippen molar-refractivity contribution in [2.24, 2.45) is 0 Å². The van der Waals surface area contributed by atoms with E-state index in [9.17, 15) is 13.2 Å². The van der Waals surface area contributed by atoms with Crippen LogP contribution in [-0.4, -0.2) is 56.3 Å². The molecule has 1 aromatic rings. The van der Waals surface area contributed by atoms with Gasteiger partial charge in [0, 0.05) is 38.1 Å². The molecule has 0 aromatic carbocycles. The van der Waals surface area contributed by atoms with E-state index < -0.39 is 10.0 Å². The van der Waals surface area contributed by atoms with Crippen LogP contribution in [0.15, 0.2) is 24.5 Å². The first kappa shape index (κ1) is 17.7. The van der Waals surface area contributed by atoms with Crippen molar-refractivity contribution in [3.63, 3.8) is 0 Å². The lowest BCUT2D eigenvalue weighted by Gasteiger charge is -2.35. The zero-order valence-corrected chi connectivity index (χ0v) is 14.2. The molecular formula is C15H24N4O3S. The molecule has 0 spiro atoms. The third kappa shape index (κ3) is 6.15. The molecule has 2 amide bonds. The van der Waals surface area contributed by atoms with Crippen molar-refractivity contribution in [1.29, 1.82) is 0 Å². The van der Waals surface area contributed by atoms with Gasteiger partial charge < -0.3 is 10.2 Å². The van der Waals surface area contributed by atoms with Crippen LogP contribution < -0.4 is 10.0 Å². The number of nitrogens with one attached hydrogen (secondary N) is 2. The van der Waals surface area contributed by atoms with Gasteiger partial charge in [-0.05, 0) is 37.3 Å². The number of amides is 2. The average Bonchev–Trinajstić information content (AvgIpc) is 2.53. The molecule has 1 aliphatic heterocycles. The molecule has 0 radical (unpaired) electrons. The zero-order valence-electron chi connectivity index (χ0n) is 13.4. The second-order valence-corrected chi connectivity index (χ2v) is 7.64. The molecule has 1 aliphatic rings. The summed E-state index contributed by atoms with van der Waals surface area (Å²) < 4.78 is 25.0. The molecule has 7 nitrogen and oxygen atoms in total. The maximum Gasteiger partial charge on any atom is 0.317 e. The molecule has 8 heteroatoms. The lowest BCUT2D eigenvalue weighted by molar-refractivity contribution is 0.152. The maximum absolute atomic E-state index is 12.3. The van der Waals surface area contributed by atoms with Crippen LogP contribution in [0.2, 0.25) is 0 Å². The predicted octanol–water partition coefficient (Wildman–Crippen LogP) is 0.737. The van der Waals surface area contributed by atoms with Crippen LogP contribution in [0.5, 0.6) is 0 Å². The first-order valence-corrected chi connectivity index (χ1v) is 9.73. The summed E-state index contributed by atoms with van der Waals surface area (Å²) in [7, 11) is -3.24. The van der Waals surface area contributed by atoms with Crippen LogP contribution in [0.1, 0.15) is 24.8 Å². The molecule has 1 aromatic heterocycles. The number of sulfonamides is 1. The molecule has 1 saturated heterocycles. The standard InChI is InChI=1S/C15H24N4O3S/c1-23(21,22)18-12-14-6-2-3-10-19(14)15(20)17-9-7-13-5-4-8-16-11-13/h4-5,8,11,14,18H,2-3,6-7,9-10,12H2,1H3,(H,17,20). The number of carbonyl (C=O) groups is 1. The lowest BCUT2D eigenvalue weighted by atomic mass is 10.0. The van der Waals surface area contributed by atoms with Gasteiger partial charge in [0.15, 0.2) is 0 Å². The van der Waals surface area contributed by atoms with Gasteiger partial charge in [-0.2, -0.15) is 0 Å². The number of nitrogens with zero attached hydrogens (tertiary/aromatic N) is 2. The Labute approximate surface area is 137 Å². The molecule has 2 N–H and O–H groups in total. The first-order valence-electron chi connectivity index (χ1n) is 7.84. The monoisotopic (exact) mass is 340 g/mol. The molecule has 0 bridgehead atoms. The first-order chi connectivity index (χ1) is 11.0. The molecule has 2 rings (SSSR count). The Morgan fingerprint density at radius 3 is 2.96 bits per heavy atom. The Hall–Kier alpha value is -1.67. The largest absolute Gasteiger partial charge is 0.338 e. The average molecular weight is 340 g/mol. The Balaban J connectivity index is 1.82. The summed E-state index contributed by atoms with van der Waals surface area (Å²) in [4.78, 5) is 18.1. The number of likely N-dealkylation sites (tertiary alicyclic amines) is 1. The van der Waals surface area contributed by atoms with E-state index >= 15 is 0 Å². The van der Waals surface area contributed by atoms with E-state index in [1.807, 2.05) is 12.1 Å². The number of rotatable bonds is 6. The Kier molecular flexibility index (Phi) is 6.35. The van der Waals surface area contributed by atoms with Crippen LogP contribution in [0.25, 0.3) is 0 Å². The Bertz CT molecular complexity index is 606. The number of hydrogen-bond donors (Lipinski definition) is 2. The minimum Gasteiger partial charge on any atom is -0.338 e. The molecule has 1 fully saturated rings. The van der Waals surface area contributed by atoms with E-state index in [1.54, 1.807) is 17.3 Å². The Morgan fingerprint density at radius 1 is 1.43 bits per heavy atom. The fraction of sp³-hybridized carbons (Fsp3) is 0.600. The number of piperidine rings is 1. The van der Waals surface area contributed by atoms with Crippen molar-refractivity contribution in [1.82, 2.24) is 19.9 Å². The molecule has 0 saturated carbocycles. The summed E-state index contributed by atoms with van der Waals surface area (Å²) in [5.74, 6) is 0. The second kappa shape index (κ2) is 8.26. The number of aromatic nitrogens is 1. The number of hydrogen-bond acceptors (Lipinski definition) is 4. The summed E-state index contributed by atoms with van der Waals surface area (Å²) in [5, 5.41) is 2.91.